The fraction of sp³-hybridized carbons (Fsp3) is 0.667. The minimum atomic E-state index is -0.105. The zero-order valence-corrected chi connectivity index (χ0v) is 20.5. The van der Waals surface area contributed by atoms with E-state index in [1.807, 2.05) is 11.8 Å². The van der Waals surface area contributed by atoms with Crippen LogP contribution in [0.1, 0.15) is 43.7 Å². The lowest BCUT2D eigenvalue weighted by Crippen LogP contribution is -2.37. The van der Waals surface area contributed by atoms with Gasteiger partial charge in [-0.2, -0.15) is 11.8 Å². The monoisotopic (exact) mass is 520 g/mol. The first-order chi connectivity index (χ1) is 13.2. The van der Waals surface area contributed by atoms with Crippen molar-refractivity contribution in [3.05, 3.63) is 35.4 Å². The first kappa shape index (κ1) is 25.5. The van der Waals surface area contributed by atoms with Crippen molar-refractivity contribution in [1.29, 1.82) is 0 Å². The van der Waals surface area contributed by atoms with E-state index in [2.05, 4.69) is 53.0 Å². The molecule has 1 aromatic carbocycles. The lowest BCUT2D eigenvalue weighted by molar-refractivity contribution is 0.0792. The molecule has 0 amide bonds. The molecule has 1 heterocycles. The lowest BCUT2D eigenvalue weighted by Gasteiger charge is -2.29. The molecule has 0 atom stereocenters. The largest absolute Gasteiger partial charge is 0.393 e. The Hall–Kier alpha value is -0.510. The SMILES string of the molecule is CCNC(=NCc1ccc(CN2CCC(O)CC2)cc1)NCCCCSC.I. The van der Waals surface area contributed by atoms with Crippen LogP contribution in [0.4, 0.5) is 0 Å². The summed E-state index contributed by atoms with van der Waals surface area (Å²) in [5, 5.41) is 16.4. The fourth-order valence-corrected chi connectivity index (χ4v) is 3.67. The first-order valence-corrected chi connectivity index (χ1v) is 11.6. The van der Waals surface area contributed by atoms with Crippen molar-refractivity contribution in [2.75, 3.05) is 38.2 Å². The van der Waals surface area contributed by atoms with Gasteiger partial charge in [0, 0.05) is 32.7 Å². The van der Waals surface area contributed by atoms with Gasteiger partial charge in [0.1, 0.15) is 0 Å². The van der Waals surface area contributed by atoms with E-state index in [1.165, 1.54) is 29.7 Å². The number of halogens is 1. The van der Waals surface area contributed by atoms with Crippen LogP contribution in [0, 0.1) is 0 Å². The molecule has 0 saturated carbocycles. The molecule has 0 bridgehead atoms. The number of likely N-dealkylation sites (tertiary alicyclic amines) is 1. The molecule has 7 heteroatoms. The summed E-state index contributed by atoms with van der Waals surface area (Å²) in [6.07, 6.45) is 6.25. The standard InChI is InChI=1S/C21H36N4OS.HI/c1-3-22-21(23-12-4-5-15-27-2)24-16-18-6-8-19(9-7-18)17-25-13-10-20(26)11-14-25;/h6-9,20,26H,3-5,10-17H2,1-2H3,(H2,22,23,24);1H. The number of unbranched alkanes of at least 4 members (excludes halogenated alkanes) is 1. The van der Waals surface area contributed by atoms with Gasteiger partial charge in [0.05, 0.1) is 12.6 Å². The van der Waals surface area contributed by atoms with Crippen LogP contribution >= 0.6 is 35.7 Å². The van der Waals surface area contributed by atoms with Crippen LogP contribution in [0.3, 0.4) is 0 Å². The van der Waals surface area contributed by atoms with Crippen molar-refractivity contribution in [3.8, 4) is 0 Å². The molecule has 0 spiro atoms. The molecule has 28 heavy (non-hydrogen) atoms. The van der Waals surface area contributed by atoms with E-state index in [0.717, 1.165) is 51.5 Å². The molecule has 1 aliphatic rings. The Kier molecular flexibility index (Phi) is 14.0. The van der Waals surface area contributed by atoms with E-state index in [9.17, 15) is 5.11 Å². The Morgan fingerprint density at radius 2 is 1.82 bits per heavy atom. The molecule has 0 aromatic heterocycles. The van der Waals surface area contributed by atoms with Crippen molar-refractivity contribution >= 4 is 41.7 Å². The minimum absolute atomic E-state index is 0. The normalized spacial score (nSPS) is 15.9. The van der Waals surface area contributed by atoms with Crippen molar-refractivity contribution in [2.45, 2.75) is 51.8 Å². The second-order valence-electron chi connectivity index (χ2n) is 7.15. The number of nitrogens with zero attached hydrogens (tertiary/aromatic N) is 2. The summed E-state index contributed by atoms with van der Waals surface area (Å²) in [7, 11) is 0. The predicted octanol–water partition coefficient (Wildman–Crippen LogP) is 3.46. The number of hydrogen-bond acceptors (Lipinski definition) is 4. The smallest absolute Gasteiger partial charge is 0.191 e. The molecule has 0 aliphatic carbocycles. The molecular weight excluding hydrogens is 483 g/mol. The number of benzene rings is 1. The van der Waals surface area contributed by atoms with Gasteiger partial charge < -0.3 is 15.7 Å². The third-order valence-corrected chi connectivity index (χ3v) is 5.51. The number of hydrogen-bond donors (Lipinski definition) is 3. The zero-order valence-electron chi connectivity index (χ0n) is 17.3. The molecule has 0 radical (unpaired) electrons. The van der Waals surface area contributed by atoms with Crippen LogP contribution < -0.4 is 10.6 Å². The maximum Gasteiger partial charge on any atom is 0.191 e. The van der Waals surface area contributed by atoms with Gasteiger partial charge >= 0.3 is 0 Å². The van der Waals surface area contributed by atoms with Gasteiger partial charge in [-0.25, -0.2) is 4.99 Å². The highest BCUT2D eigenvalue weighted by Crippen LogP contribution is 2.14. The molecular formula is C21H37IN4OS. The number of thioether (sulfide) groups is 1. The number of nitrogens with one attached hydrogen (secondary N) is 2. The van der Waals surface area contributed by atoms with E-state index in [4.69, 9.17) is 4.99 Å². The van der Waals surface area contributed by atoms with Crippen LogP contribution in [0.5, 0.6) is 0 Å². The van der Waals surface area contributed by atoms with Gasteiger partial charge in [-0.3, -0.25) is 4.90 Å². The highest BCUT2D eigenvalue weighted by Gasteiger charge is 2.16. The molecule has 1 fully saturated rings. The van der Waals surface area contributed by atoms with E-state index >= 15 is 0 Å². The number of piperidine rings is 1. The van der Waals surface area contributed by atoms with Gasteiger partial charge in [-0.15, -0.1) is 24.0 Å². The maximum absolute atomic E-state index is 9.61. The predicted molar refractivity (Wildman–Crippen MR) is 133 cm³/mol. The van der Waals surface area contributed by atoms with E-state index < -0.39 is 0 Å². The number of guanidine groups is 1. The van der Waals surface area contributed by atoms with Crippen molar-refractivity contribution in [1.82, 2.24) is 15.5 Å². The Bertz CT molecular complexity index is 548. The van der Waals surface area contributed by atoms with Crippen molar-refractivity contribution < 1.29 is 5.11 Å². The second-order valence-corrected chi connectivity index (χ2v) is 8.13. The number of aliphatic imine (C=N–C) groups is 1. The quantitative estimate of drug-likeness (QED) is 0.191. The third-order valence-electron chi connectivity index (χ3n) is 4.82. The molecule has 5 nitrogen and oxygen atoms in total. The van der Waals surface area contributed by atoms with Gasteiger partial charge in [0.15, 0.2) is 5.96 Å². The van der Waals surface area contributed by atoms with Crippen molar-refractivity contribution in [3.63, 3.8) is 0 Å². The molecule has 3 N–H and O–H groups in total. The highest BCUT2D eigenvalue weighted by atomic mass is 127. The summed E-state index contributed by atoms with van der Waals surface area (Å²) in [6.45, 7) is 7.58. The van der Waals surface area contributed by atoms with Gasteiger partial charge in [0.2, 0.25) is 0 Å². The van der Waals surface area contributed by atoms with Crippen molar-refractivity contribution in [2.24, 2.45) is 4.99 Å². The lowest BCUT2D eigenvalue weighted by atomic mass is 10.1. The number of aliphatic hydroxyl groups is 1. The summed E-state index contributed by atoms with van der Waals surface area (Å²) in [6, 6.07) is 8.77. The van der Waals surface area contributed by atoms with Gasteiger partial charge in [-0.05, 0) is 55.7 Å². The van der Waals surface area contributed by atoms with Gasteiger partial charge in [-0.1, -0.05) is 24.3 Å². The number of aliphatic hydroxyl groups excluding tert-OH is 1. The van der Waals surface area contributed by atoms with E-state index in [1.54, 1.807) is 0 Å². The summed E-state index contributed by atoms with van der Waals surface area (Å²) in [5.74, 6) is 2.12. The van der Waals surface area contributed by atoms with Crippen LogP contribution in [0.15, 0.2) is 29.3 Å². The Balaban J connectivity index is 0.00000392. The summed E-state index contributed by atoms with van der Waals surface area (Å²) < 4.78 is 0. The molecule has 160 valence electrons. The Morgan fingerprint density at radius 1 is 1.14 bits per heavy atom. The molecule has 1 aliphatic heterocycles. The summed E-state index contributed by atoms with van der Waals surface area (Å²) in [5.41, 5.74) is 2.56. The summed E-state index contributed by atoms with van der Waals surface area (Å²) in [4.78, 5) is 7.13. The van der Waals surface area contributed by atoms with Crippen LogP contribution in [0.2, 0.25) is 0 Å². The second kappa shape index (κ2) is 15.3. The average Bonchev–Trinajstić information content (AvgIpc) is 2.69. The Morgan fingerprint density at radius 3 is 2.46 bits per heavy atom. The molecule has 2 rings (SSSR count). The molecule has 1 saturated heterocycles. The molecule has 1 aromatic rings. The highest BCUT2D eigenvalue weighted by molar-refractivity contribution is 14.0. The topological polar surface area (TPSA) is 59.9 Å². The molecule has 0 unspecified atom stereocenters. The van der Waals surface area contributed by atoms with E-state index in [0.29, 0.717) is 6.54 Å². The Labute approximate surface area is 192 Å². The third kappa shape index (κ3) is 10.3. The zero-order chi connectivity index (χ0) is 19.3. The minimum Gasteiger partial charge on any atom is -0.393 e. The van der Waals surface area contributed by atoms with Gasteiger partial charge in [0.25, 0.3) is 0 Å². The van der Waals surface area contributed by atoms with Crippen LogP contribution in [-0.2, 0) is 13.1 Å². The van der Waals surface area contributed by atoms with Crippen LogP contribution in [-0.4, -0.2) is 60.3 Å². The van der Waals surface area contributed by atoms with E-state index in [-0.39, 0.29) is 30.1 Å². The number of rotatable bonds is 10. The first-order valence-electron chi connectivity index (χ1n) is 10.2. The summed E-state index contributed by atoms with van der Waals surface area (Å²) >= 11 is 1.90. The maximum atomic E-state index is 9.61. The fourth-order valence-electron chi connectivity index (χ4n) is 3.18. The average molecular weight is 521 g/mol. The van der Waals surface area contributed by atoms with Crippen LogP contribution in [0.25, 0.3) is 0 Å².